The number of aliphatic imine (C=N–C) groups is 1. The number of nitrogens with one attached hydrogen (secondary N) is 1. The van der Waals surface area contributed by atoms with E-state index in [2.05, 4.69) is 16.9 Å². The molecular weight excluding hydrogens is 243 g/mol. The second kappa shape index (κ2) is 4.30. The van der Waals surface area contributed by atoms with Crippen LogP contribution in [-0.4, -0.2) is 11.6 Å². The molecule has 3 nitrogen and oxygen atoms in total. The zero-order valence-electron chi connectivity index (χ0n) is 9.18. The standard InChI is InChI=1S/C12H10ClFN2O/c1-3-9(17)12-15-6(2)10-8(16-12)5-4-7(13)11(10)14/h4-5H,2-3H2,1H3,(H,15,16). The van der Waals surface area contributed by atoms with Gasteiger partial charge in [-0.15, -0.1) is 0 Å². The highest BCUT2D eigenvalue weighted by Crippen LogP contribution is 2.33. The van der Waals surface area contributed by atoms with Gasteiger partial charge in [0.05, 0.1) is 16.3 Å². The fourth-order valence-corrected chi connectivity index (χ4v) is 1.73. The lowest BCUT2D eigenvalue weighted by Crippen LogP contribution is -2.31. The quantitative estimate of drug-likeness (QED) is 0.879. The summed E-state index contributed by atoms with van der Waals surface area (Å²) in [5.41, 5.74) is 0.879. The van der Waals surface area contributed by atoms with Crippen molar-refractivity contribution >= 4 is 34.6 Å². The number of hydrogen-bond donors (Lipinski definition) is 1. The van der Waals surface area contributed by atoms with Gasteiger partial charge in [-0.3, -0.25) is 4.79 Å². The molecule has 88 valence electrons. The molecule has 2 rings (SSSR count). The molecule has 0 amide bonds. The number of carbonyl (C=O) groups is 1. The van der Waals surface area contributed by atoms with E-state index in [-0.39, 0.29) is 22.2 Å². The molecule has 17 heavy (non-hydrogen) atoms. The van der Waals surface area contributed by atoms with Gasteiger partial charge in [-0.25, -0.2) is 9.38 Å². The number of hydrogen-bond acceptors (Lipinski definition) is 3. The molecule has 0 aromatic heterocycles. The van der Waals surface area contributed by atoms with E-state index in [0.717, 1.165) is 0 Å². The summed E-state index contributed by atoms with van der Waals surface area (Å²) >= 11 is 5.68. The van der Waals surface area contributed by atoms with Crippen LogP contribution in [0.2, 0.25) is 5.02 Å². The molecule has 0 unspecified atom stereocenters. The highest BCUT2D eigenvalue weighted by atomic mass is 35.5. The van der Waals surface area contributed by atoms with E-state index in [1.54, 1.807) is 13.0 Å². The monoisotopic (exact) mass is 252 g/mol. The van der Waals surface area contributed by atoms with Crippen molar-refractivity contribution in [1.29, 1.82) is 0 Å². The van der Waals surface area contributed by atoms with Crippen LogP contribution >= 0.6 is 11.6 Å². The molecule has 0 spiro atoms. The molecule has 0 saturated carbocycles. The number of ketones is 1. The zero-order chi connectivity index (χ0) is 12.6. The van der Waals surface area contributed by atoms with E-state index in [9.17, 15) is 9.18 Å². The van der Waals surface area contributed by atoms with E-state index in [0.29, 0.717) is 17.8 Å². The predicted octanol–water partition coefficient (Wildman–Crippen LogP) is 3.06. The van der Waals surface area contributed by atoms with E-state index in [1.807, 2.05) is 0 Å². The van der Waals surface area contributed by atoms with Gasteiger partial charge in [0.15, 0.2) is 17.4 Å². The van der Waals surface area contributed by atoms with Gasteiger partial charge in [-0.1, -0.05) is 25.1 Å². The van der Waals surface area contributed by atoms with Crippen molar-refractivity contribution in [2.45, 2.75) is 13.3 Å². The van der Waals surface area contributed by atoms with Gasteiger partial charge in [0.1, 0.15) is 0 Å². The summed E-state index contributed by atoms with van der Waals surface area (Å²) in [7, 11) is 0. The molecule has 1 heterocycles. The van der Waals surface area contributed by atoms with Crippen molar-refractivity contribution in [3.05, 3.63) is 35.1 Å². The van der Waals surface area contributed by atoms with Crippen LogP contribution in [0.4, 0.5) is 10.1 Å². The molecule has 0 aliphatic carbocycles. The van der Waals surface area contributed by atoms with Gasteiger partial charge >= 0.3 is 0 Å². The molecule has 1 aliphatic heterocycles. The highest BCUT2D eigenvalue weighted by molar-refractivity contribution is 6.41. The molecule has 0 fully saturated rings. The summed E-state index contributed by atoms with van der Waals surface area (Å²) in [5.74, 6) is -0.535. The van der Waals surface area contributed by atoms with Crippen molar-refractivity contribution in [1.82, 2.24) is 5.32 Å². The van der Waals surface area contributed by atoms with Crippen LogP contribution in [0.1, 0.15) is 18.9 Å². The Bertz CT molecular complexity index is 552. The average Bonchev–Trinajstić information content (AvgIpc) is 2.32. The fraction of sp³-hybridized carbons (Fsp3) is 0.167. The van der Waals surface area contributed by atoms with Gasteiger partial charge < -0.3 is 5.32 Å². The second-order valence-electron chi connectivity index (χ2n) is 3.60. The van der Waals surface area contributed by atoms with Crippen LogP contribution in [0, 0.1) is 5.82 Å². The van der Waals surface area contributed by atoms with Crippen molar-refractivity contribution in [3.63, 3.8) is 0 Å². The minimum Gasteiger partial charge on any atom is -0.337 e. The SMILES string of the molecule is C=C1NC(C(=O)CC)=Nc2ccc(Cl)c(F)c21. The molecule has 1 aliphatic rings. The Kier molecular flexibility index (Phi) is 2.98. The van der Waals surface area contributed by atoms with Gasteiger partial charge in [-0.05, 0) is 12.1 Å². The largest absolute Gasteiger partial charge is 0.337 e. The van der Waals surface area contributed by atoms with Gasteiger partial charge in [0, 0.05) is 12.1 Å². The average molecular weight is 253 g/mol. The Labute approximate surface area is 103 Å². The predicted molar refractivity (Wildman–Crippen MR) is 66.0 cm³/mol. The van der Waals surface area contributed by atoms with Crippen LogP contribution in [-0.2, 0) is 4.79 Å². The Balaban J connectivity index is 2.58. The zero-order valence-corrected chi connectivity index (χ0v) is 9.94. The number of amidine groups is 1. The van der Waals surface area contributed by atoms with Gasteiger partial charge in [-0.2, -0.15) is 0 Å². The van der Waals surface area contributed by atoms with Crippen molar-refractivity contribution in [2.24, 2.45) is 4.99 Å². The highest BCUT2D eigenvalue weighted by Gasteiger charge is 2.23. The fourth-order valence-electron chi connectivity index (χ4n) is 1.57. The third kappa shape index (κ3) is 1.96. The maximum absolute atomic E-state index is 13.8. The Morgan fingerprint density at radius 3 is 2.94 bits per heavy atom. The Hall–Kier alpha value is -1.68. The van der Waals surface area contributed by atoms with Crippen LogP contribution in [0.5, 0.6) is 0 Å². The van der Waals surface area contributed by atoms with E-state index in [4.69, 9.17) is 11.6 Å². The lowest BCUT2D eigenvalue weighted by molar-refractivity contribution is -0.112. The first-order chi connectivity index (χ1) is 8.04. The number of halogens is 2. The smallest absolute Gasteiger partial charge is 0.197 e. The topological polar surface area (TPSA) is 41.5 Å². The number of carbonyl (C=O) groups excluding carboxylic acids is 1. The minimum absolute atomic E-state index is 0.00664. The molecule has 0 saturated heterocycles. The number of benzene rings is 1. The van der Waals surface area contributed by atoms with Crippen LogP contribution < -0.4 is 5.32 Å². The summed E-state index contributed by atoms with van der Waals surface area (Å²) in [6.07, 6.45) is 0.324. The molecule has 5 heteroatoms. The first-order valence-electron chi connectivity index (χ1n) is 5.10. The molecular formula is C12H10ClFN2O. The van der Waals surface area contributed by atoms with Crippen LogP contribution in [0.25, 0.3) is 5.70 Å². The molecule has 1 aromatic rings. The third-order valence-corrected chi connectivity index (χ3v) is 2.75. The minimum atomic E-state index is -0.576. The summed E-state index contributed by atoms with van der Waals surface area (Å²) in [6, 6.07) is 2.97. The number of nitrogens with zero attached hydrogens (tertiary/aromatic N) is 1. The van der Waals surface area contributed by atoms with Crippen molar-refractivity contribution in [2.75, 3.05) is 0 Å². The second-order valence-corrected chi connectivity index (χ2v) is 4.00. The van der Waals surface area contributed by atoms with Crippen LogP contribution in [0.3, 0.4) is 0 Å². The lowest BCUT2D eigenvalue weighted by atomic mass is 10.1. The van der Waals surface area contributed by atoms with E-state index < -0.39 is 5.82 Å². The molecule has 0 atom stereocenters. The van der Waals surface area contributed by atoms with Gasteiger partial charge in [0.2, 0.25) is 0 Å². The molecule has 0 bridgehead atoms. The number of Topliss-reactive ketones (excluding diaryl/α,β-unsaturated/α-hetero) is 1. The van der Waals surface area contributed by atoms with Crippen LogP contribution in [0.15, 0.2) is 23.7 Å². The molecule has 1 aromatic carbocycles. The Morgan fingerprint density at radius 2 is 2.29 bits per heavy atom. The molecule has 1 N–H and O–H groups in total. The number of rotatable bonds is 2. The number of fused-ring (bicyclic) bond motifs is 1. The molecule has 0 radical (unpaired) electrons. The van der Waals surface area contributed by atoms with E-state index >= 15 is 0 Å². The summed E-state index contributed by atoms with van der Waals surface area (Å²) < 4.78 is 13.8. The summed E-state index contributed by atoms with van der Waals surface area (Å²) in [6.45, 7) is 5.41. The summed E-state index contributed by atoms with van der Waals surface area (Å²) in [5, 5.41) is 2.71. The lowest BCUT2D eigenvalue weighted by Gasteiger charge is -2.19. The third-order valence-electron chi connectivity index (χ3n) is 2.46. The normalized spacial score (nSPS) is 13.8. The van der Waals surface area contributed by atoms with Gasteiger partial charge in [0.25, 0.3) is 0 Å². The maximum Gasteiger partial charge on any atom is 0.197 e. The maximum atomic E-state index is 13.8. The Morgan fingerprint density at radius 1 is 1.59 bits per heavy atom. The first-order valence-corrected chi connectivity index (χ1v) is 5.48. The van der Waals surface area contributed by atoms with E-state index in [1.165, 1.54) is 6.07 Å². The summed E-state index contributed by atoms with van der Waals surface area (Å²) in [4.78, 5) is 15.6. The van der Waals surface area contributed by atoms with Crippen molar-refractivity contribution in [3.8, 4) is 0 Å². The van der Waals surface area contributed by atoms with Crippen molar-refractivity contribution < 1.29 is 9.18 Å². The first kappa shape index (κ1) is 11.8.